The lowest BCUT2D eigenvalue weighted by Gasteiger charge is -2.14. The standard InChI is InChI=1S/C23H19F3N6O2/c1-12-13(9-20(33)28-12)8-14-11-27-32-19(29-15-6-7-15)10-18(30-21(14)32)31-22(34)16-4-2-3-5-17(16)23(24,25)26/h2-5,8,10-11,15,29H,1,6-7,9H2,(H,28,33)(H,30,31,34)/b13-8+. The van der Waals surface area contributed by atoms with Crippen molar-refractivity contribution in [2.24, 2.45) is 0 Å². The van der Waals surface area contributed by atoms with Gasteiger partial charge in [0.2, 0.25) is 5.91 Å². The molecule has 3 heterocycles. The maximum Gasteiger partial charge on any atom is 0.417 e. The number of hydrogen-bond acceptors (Lipinski definition) is 5. The van der Waals surface area contributed by atoms with Crippen LogP contribution >= 0.6 is 0 Å². The van der Waals surface area contributed by atoms with Gasteiger partial charge in [-0.25, -0.2) is 4.98 Å². The molecule has 0 atom stereocenters. The van der Waals surface area contributed by atoms with Crippen molar-refractivity contribution in [1.29, 1.82) is 0 Å². The molecular weight excluding hydrogens is 449 g/mol. The second kappa shape index (κ2) is 8.01. The fourth-order valence-corrected chi connectivity index (χ4v) is 3.70. The maximum atomic E-state index is 13.4. The summed E-state index contributed by atoms with van der Waals surface area (Å²) in [7, 11) is 0. The SMILES string of the molecule is C=C1NC(=O)C/C1=C\c1cnn2c(NC3CC3)cc(NC(=O)c3ccccc3C(F)(F)F)nc12. The van der Waals surface area contributed by atoms with Crippen LogP contribution in [-0.2, 0) is 11.0 Å². The Morgan fingerprint density at radius 1 is 1.26 bits per heavy atom. The molecule has 5 rings (SSSR count). The molecule has 0 bridgehead atoms. The highest BCUT2D eigenvalue weighted by Crippen LogP contribution is 2.33. The number of fused-ring (bicyclic) bond motifs is 1. The first kappa shape index (κ1) is 21.7. The maximum absolute atomic E-state index is 13.4. The average Bonchev–Trinajstić information content (AvgIpc) is 3.41. The van der Waals surface area contributed by atoms with E-state index < -0.39 is 23.2 Å². The van der Waals surface area contributed by atoms with Gasteiger partial charge in [0.05, 0.1) is 23.7 Å². The Morgan fingerprint density at radius 3 is 2.71 bits per heavy atom. The molecule has 0 radical (unpaired) electrons. The van der Waals surface area contributed by atoms with Gasteiger partial charge in [-0.05, 0) is 36.6 Å². The summed E-state index contributed by atoms with van der Waals surface area (Å²) in [4.78, 5) is 28.9. The first-order valence-electron chi connectivity index (χ1n) is 10.5. The number of nitrogens with zero attached hydrogens (tertiary/aromatic N) is 3. The van der Waals surface area contributed by atoms with Crippen LogP contribution in [0.25, 0.3) is 11.7 Å². The number of benzene rings is 1. The zero-order chi connectivity index (χ0) is 24.0. The number of allylic oxidation sites excluding steroid dienone is 1. The normalized spacial score (nSPS) is 17.3. The highest BCUT2D eigenvalue weighted by atomic mass is 19.4. The van der Waals surface area contributed by atoms with Crippen molar-refractivity contribution in [3.63, 3.8) is 0 Å². The first-order valence-corrected chi connectivity index (χ1v) is 10.5. The predicted molar refractivity (Wildman–Crippen MR) is 119 cm³/mol. The van der Waals surface area contributed by atoms with E-state index in [0.29, 0.717) is 28.3 Å². The minimum atomic E-state index is -4.68. The van der Waals surface area contributed by atoms with Gasteiger partial charge in [0.25, 0.3) is 5.91 Å². The summed E-state index contributed by atoms with van der Waals surface area (Å²) in [5.74, 6) is -0.498. The Labute approximate surface area is 191 Å². The Hall–Kier alpha value is -4.15. The third kappa shape index (κ3) is 4.24. The lowest BCUT2D eigenvalue weighted by atomic mass is 10.1. The second-order valence-corrected chi connectivity index (χ2v) is 8.15. The number of rotatable bonds is 5. The van der Waals surface area contributed by atoms with Gasteiger partial charge in [0, 0.05) is 23.4 Å². The molecule has 2 aliphatic rings. The van der Waals surface area contributed by atoms with Gasteiger partial charge < -0.3 is 16.0 Å². The minimum Gasteiger partial charge on any atom is -0.367 e. The number of nitrogens with one attached hydrogen (secondary N) is 3. The van der Waals surface area contributed by atoms with E-state index in [0.717, 1.165) is 25.0 Å². The molecule has 8 nitrogen and oxygen atoms in total. The predicted octanol–water partition coefficient (Wildman–Crippen LogP) is 3.99. The molecule has 1 saturated carbocycles. The molecule has 1 aliphatic heterocycles. The first-order chi connectivity index (χ1) is 16.2. The van der Waals surface area contributed by atoms with E-state index in [1.807, 2.05) is 0 Å². The lowest BCUT2D eigenvalue weighted by molar-refractivity contribution is -0.137. The third-order valence-corrected chi connectivity index (χ3v) is 5.51. The van der Waals surface area contributed by atoms with Crippen LogP contribution in [0.5, 0.6) is 0 Å². The molecule has 2 fully saturated rings. The summed E-state index contributed by atoms with van der Waals surface area (Å²) in [6, 6.07) is 6.34. The smallest absolute Gasteiger partial charge is 0.367 e. The Kier molecular flexibility index (Phi) is 5.11. The molecule has 3 aromatic rings. The molecular formula is C23H19F3N6O2. The summed E-state index contributed by atoms with van der Waals surface area (Å²) in [5, 5.41) is 12.8. The summed E-state index contributed by atoms with van der Waals surface area (Å²) >= 11 is 0. The summed E-state index contributed by atoms with van der Waals surface area (Å²) in [6.45, 7) is 3.82. The molecule has 0 unspecified atom stereocenters. The van der Waals surface area contributed by atoms with Gasteiger partial charge >= 0.3 is 6.18 Å². The lowest BCUT2D eigenvalue weighted by Crippen LogP contribution is -2.19. The van der Waals surface area contributed by atoms with Gasteiger partial charge in [0.1, 0.15) is 11.6 Å². The fraction of sp³-hybridized carbons (Fsp3) is 0.217. The number of aromatic nitrogens is 3. The van der Waals surface area contributed by atoms with E-state index in [1.165, 1.54) is 18.2 Å². The van der Waals surface area contributed by atoms with E-state index >= 15 is 0 Å². The minimum absolute atomic E-state index is 0.0669. The molecule has 1 aliphatic carbocycles. The number of carbonyl (C=O) groups excluding carboxylic acids is 2. The number of amides is 2. The highest BCUT2D eigenvalue weighted by molar-refractivity contribution is 6.05. The monoisotopic (exact) mass is 468 g/mol. The van der Waals surface area contributed by atoms with E-state index in [4.69, 9.17) is 0 Å². The number of carbonyl (C=O) groups is 2. The molecule has 174 valence electrons. The number of anilines is 2. The molecule has 1 aromatic carbocycles. The van der Waals surface area contributed by atoms with Crippen molar-refractivity contribution in [3.8, 4) is 0 Å². The highest BCUT2D eigenvalue weighted by Gasteiger charge is 2.35. The second-order valence-electron chi connectivity index (χ2n) is 8.15. The molecule has 2 amide bonds. The van der Waals surface area contributed by atoms with Crippen molar-refractivity contribution in [2.75, 3.05) is 10.6 Å². The van der Waals surface area contributed by atoms with Gasteiger partial charge in [0.15, 0.2) is 5.65 Å². The van der Waals surface area contributed by atoms with E-state index in [9.17, 15) is 22.8 Å². The van der Waals surface area contributed by atoms with Crippen molar-refractivity contribution in [2.45, 2.75) is 31.5 Å². The molecule has 0 spiro atoms. The van der Waals surface area contributed by atoms with Crippen LogP contribution in [0.3, 0.4) is 0 Å². The van der Waals surface area contributed by atoms with Crippen molar-refractivity contribution >= 4 is 35.2 Å². The van der Waals surface area contributed by atoms with Gasteiger partial charge in [-0.3, -0.25) is 9.59 Å². The van der Waals surface area contributed by atoms with E-state index in [1.54, 1.807) is 16.8 Å². The van der Waals surface area contributed by atoms with Gasteiger partial charge in [-0.2, -0.15) is 22.8 Å². The molecule has 34 heavy (non-hydrogen) atoms. The van der Waals surface area contributed by atoms with Crippen molar-refractivity contribution in [3.05, 3.63) is 71.1 Å². The molecule has 2 aromatic heterocycles. The van der Waals surface area contributed by atoms with Crippen LogP contribution in [-0.4, -0.2) is 32.5 Å². The third-order valence-electron chi connectivity index (χ3n) is 5.51. The summed E-state index contributed by atoms with van der Waals surface area (Å²) in [6.07, 6.45) is 0.708. The van der Waals surface area contributed by atoms with Crippen LogP contribution in [0.1, 0.15) is 40.7 Å². The van der Waals surface area contributed by atoms with E-state index in [-0.39, 0.29) is 24.2 Å². The van der Waals surface area contributed by atoms with Crippen LogP contribution < -0.4 is 16.0 Å². The Bertz CT molecular complexity index is 1370. The van der Waals surface area contributed by atoms with Gasteiger partial charge in [-0.15, -0.1) is 0 Å². The van der Waals surface area contributed by atoms with Crippen LogP contribution in [0.4, 0.5) is 24.8 Å². The largest absolute Gasteiger partial charge is 0.417 e. The zero-order valence-electron chi connectivity index (χ0n) is 17.7. The average molecular weight is 468 g/mol. The zero-order valence-corrected chi connectivity index (χ0v) is 17.7. The van der Waals surface area contributed by atoms with Crippen LogP contribution in [0, 0.1) is 0 Å². The van der Waals surface area contributed by atoms with Gasteiger partial charge in [-0.1, -0.05) is 18.7 Å². The topological polar surface area (TPSA) is 100 Å². The fourth-order valence-electron chi connectivity index (χ4n) is 3.70. The van der Waals surface area contributed by atoms with Crippen molar-refractivity contribution < 1.29 is 22.8 Å². The van der Waals surface area contributed by atoms with E-state index in [2.05, 4.69) is 32.6 Å². The molecule has 11 heteroatoms. The Morgan fingerprint density at radius 2 is 2.03 bits per heavy atom. The summed E-state index contributed by atoms with van der Waals surface area (Å²) in [5.41, 5.74) is 0.552. The number of halogens is 3. The number of hydrogen-bond donors (Lipinski definition) is 3. The van der Waals surface area contributed by atoms with Crippen molar-refractivity contribution in [1.82, 2.24) is 19.9 Å². The molecule has 1 saturated heterocycles. The van der Waals surface area contributed by atoms with Crippen LogP contribution in [0.2, 0.25) is 0 Å². The quantitative estimate of drug-likeness (QED) is 0.526. The Balaban J connectivity index is 1.54. The van der Waals surface area contributed by atoms with Crippen LogP contribution in [0.15, 0.2) is 54.4 Å². The molecule has 3 N–H and O–H groups in total. The number of alkyl halides is 3. The summed E-state index contributed by atoms with van der Waals surface area (Å²) < 4.78 is 41.7.